The Balaban J connectivity index is 2.20. The molecule has 0 saturated heterocycles. The van der Waals surface area contributed by atoms with Gasteiger partial charge in [-0.25, -0.2) is 4.39 Å². The Morgan fingerprint density at radius 3 is 2.57 bits per heavy atom. The summed E-state index contributed by atoms with van der Waals surface area (Å²) in [6.45, 7) is 0.394. The minimum absolute atomic E-state index is 0.0136. The van der Waals surface area contributed by atoms with E-state index >= 15 is 0 Å². The van der Waals surface area contributed by atoms with Gasteiger partial charge in [0.15, 0.2) is 11.6 Å². The Hall–Kier alpha value is -2.15. The second-order valence-corrected chi connectivity index (χ2v) is 5.16. The number of ether oxygens (including phenoxy) is 1. The van der Waals surface area contributed by atoms with Crippen molar-refractivity contribution in [2.75, 3.05) is 12.4 Å². The molecule has 5 nitrogen and oxygen atoms in total. The Bertz CT molecular complexity index is 662. The number of hydrogen-bond acceptors (Lipinski definition) is 4. The fourth-order valence-corrected chi connectivity index (χ4v) is 2.05. The lowest BCUT2D eigenvalue weighted by molar-refractivity contribution is -0.385. The molecule has 0 saturated carbocycles. The van der Waals surface area contributed by atoms with Crippen LogP contribution in [-0.4, -0.2) is 12.0 Å². The second-order valence-electron chi connectivity index (χ2n) is 4.24. The third kappa shape index (κ3) is 3.69. The van der Waals surface area contributed by atoms with Crippen LogP contribution in [0.2, 0.25) is 0 Å². The first-order valence-corrected chi connectivity index (χ1v) is 6.81. The smallest absolute Gasteiger partial charge is 0.313 e. The van der Waals surface area contributed by atoms with Gasteiger partial charge in [0.05, 0.1) is 23.8 Å². The number of nitro benzene ring substituents is 1. The summed E-state index contributed by atoms with van der Waals surface area (Å²) in [5.74, 6) is -0.681. The van der Waals surface area contributed by atoms with E-state index in [9.17, 15) is 14.5 Å². The monoisotopic (exact) mass is 354 g/mol. The van der Waals surface area contributed by atoms with E-state index in [-0.39, 0.29) is 11.4 Å². The summed E-state index contributed by atoms with van der Waals surface area (Å²) >= 11 is 3.33. The molecular formula is C14H12BrFN2O3. The molecule has 0 aromatic heterocycles. The summed E-state index contributed by atoms with van der Waals surface area (Å²) in [6.07, 6.45) is 0. The number of hydrogen-bond donors (Lipinski definition) is 1. The van der Waals surface area contributed by atoms with E-state index < -0.39 is 16.4 Å². The van der Waals surface area contributed by atoms with Gasteiger partial charge >= 0.3 is 5.69 Å². The van der Waals surface area contributed by atoms with Crippen LogP contribution in [0.1, 0.15) is 5.56 Å². The quantitative estimate of drug-likeness (QED) is 0.647. The van der Waals surface area contributed by atoms with Crippen molar-refractivity contribution in [3.63, 3.8) is 0 Å². The van der Waals surface area contributed by atoms with Crippen molar-refractivity contribution in [3.05, 3.63) is 62.4 Å². The van der Waals surface area contributed by atoms with E-state index in [0.717, 1.165) is 16.1 Å². The maximum absolute atomic E-state index is 13.9. The number of benzene rings is 2. The van der Waals surface area contributed by atoms with E-state index in [1.165, 1.54) is 13.2 Å². The number of rotatable bonds is 5. The highest BCUT2D eigenvalue weighted by Crippen LogP contribution is 2.32. The second kappa shape index (κ2) is 6.53. The first-order valence-electron chi connectivity index (χ1n) is 6.01. The van der Waals surface area contributed by atoms with Crippen LogP contribution in [-0.2, 0) is 6.54 Å². The molecule has 2 rings (SSSR count). The van der Waals surface area contributed by atoms with Gasteiger partial charge in [-0.15, -0.1) is 0 Å². The molecule has 1 N–H and O–H groups in total. The Labute approximate surface area is 129 Å². The third-order valence-electron chi connectivity index (χ3n) is 2.86. The molecule has 0 aliphatic heterocycles. The lowest BCUT2D eigenvalue weighted by atomic mass is 10.2. The molecule has 0 bridgehead atoms. The SMILES string of the molecule is COc1cc(NCc2ccc(Br)cc2)c(F)cc1[N+](=O)[O-]. The predicted octanol–water partition coefficient (Wildman–Crippen LogP) is 4.12. The van der Waals surface area contributed by atoms with Gasteiger partial charge in [-0.05, 0) is 17.7 Å². The van der Waals surface area contributed by atoms with Crippen molar-refractivity contribution < 1.29 is 14.1 Å². The number of methoxy groups -OCH3 is 1. The highest BCUT2D eigenvalue weighted by atomic mass is 79.9. The van der Waals surface area contributed by atoms with Gasteiger partial charge < -0.3 is 10.1 Å². The summed E-state index contributed by atoms with van der Waals surface area (Å²) < 4.78 is 19.7. The Kier molecular flexibility index (Phi) is 4.74. The summed E-state index contributed by atoms with van der Waals surface area (Å²) in [7, 11) is 1.30. The molecule has 110 valence electrons. The molecule has 0 unspecified atom stereocenters. The zero-order chi connectivity index (χ0) is 15.4. The molecule has 0 radical (unpaired) electrons. The summed E-state index contributed by atoms with van der Waals surface area (Å²) in [5, 5.41) is 13.7. The average molecular weight is 355 g/mol. The van der Waals surface area contributed by atoms with Crippen LogP contribution in [0.25, 0.3) is 0 Å². The van der Waals surface area contributed by atoms with E-state index in [1.807, 2.05) is 24.3 Å². The number of nitro groups is 1. The van der Waals surface area contributed by atoms with Crippen LogP contribution in [0.15, 0.2) is 40.9 Å². The minimum atomic E-state index is -0.695. The molecule has 2 aromatic carbocycles. The fraction of sp³-hybridized carbons (Fsp3) is 0.143. The van der Waals surface area contributed by atoms with Crippen molar-refractivity contribution in [3.8, 4) is 5.75 Å². The van der Waals surface area contributed by atoms with Gasteiger partial charge in [0.25, 0.3) is 0 Å². The van der Waals surface area contributed by atoms with Gasteiger partial charge in [0.1, 0.15) is 0 Å². The van der Waals surface area contributed by atoms with Gasteiger partial charge in [-0.2, -0.15) is 0 Å². The zero-order valence-electron chi connectivity index (χ0n) is 11.1. The number of nitrogens with zero attached hydrogens (tertiary/aromatic N) is 1. The summed E-state index contributed by atoms with van der Waals surface area (Å²) in [5.41, 5.74) is 0.708. The largest absolute Gasteiger partial charge is 0.490 e. The van der Waals surface area contributed by atoms with Crippen LogP contribution in [0.3, 0.4) is 0 Å². The van der Waals surface area contributed by atoms with Gasteiger partial charge in [0.2, 0.25) is 0 Å². The van der Waals surface area contributed by atoms with E-state index in [2.05, 4.69) is 21.2 Å². The van der Waals surface area contributed by atoms with Gasteiger partial charge in [-0.1, -0.05) is 28.1 Å². The van der Waals surface area contributed by atoms with Crippen LogP contribution in [0.4, 0.5) is 15.8 Å². The molecule has 0 aliphatic rings. The van der Waals surface area contributed by atoms with E-state index in [4.69, 9.17) is 4.74 Å². The summed E-state index contributed by atoms with van der Waals surface area (Å²) in [6, 6.07) is 9.66. The van der Waals surface area contributed by atoms with Crippen LogP contribution in [0, 0.1) is 15.9 Å². The zero-order valence-corrected chi connectivity index (χ0v) is 12.7. The Morgan fingerprint density at radius 1 is 1.33 bits per heavy atom. The predicted molar refractivity (Wildman–Crippen MR) is 81.1 cm³/mol. The molecule has 0 atom stereocenters. The first-order chi connectivity index (χ1) is 10.0. The lowest BCUT2D eigenvalue weighted by Gasteiger charge is -2.10. The average Bonchev–Trinajstić information content (AvgIpc) is 2.47. The van der Waals surface area contributed by atoms with Crippen molar-refractivity contribution in [2.45, 2.75) is 6.54 Å². The van der Waals surface area contributed by atoms with Crippen molar-refractivity contribution >= 4 is 27.3 Å². The van der Waals surface area contributed by atoms with Crippen LogP contribution >= 0.6 is 15.9 Å². The molecule has 21 heavy (non-hydrogen) atoms. The molecule has 2 aromatic rings. The summed E-state index contributed by atoms with van der Waals surface area (Å²) in [4.78, 5) is 10.1. The Morgan fingerprint density at radius 2 is 2.00 bits per heavy atom. The van der Waals surface area contributed by atoms with Crippen molar-refractivity contribution in [2.24, 2.45) is 0 Å². The van der Waals surface area contributed by atoms with Crippen LogP contribution in [0.5, 0.6) is 5.75 Å². The fourth-order valence-electron chi connectivity index (χ4n) is 1.78. The lowest BCUT2D eigenvalue weighted by Crippen LogP contribution is -2.03. The number of nitrogens with one attached hydrogen (secondary N) is 1. The minimum Gasteiger partial charge on any atom is -0.490 e. The molecule has 7 heteroatoms. The maximum atomic E-state index is 13.9. The highest BCUT2D eigenvalue weighted by Gasteiger charge is 2.19. The van der Waals surface area contributed by atoms with Gasteiger partial charge in [0, 0.05) is 17.1 Å². The first kappa shape index (κ1) is 15.2. The third-order valence-corrected chi connectivity index (χ3v) is 3.39. The molecular weight excluding hydrogens is 343 g/mol. The number of anilines is 1. The van der Waals surface area contributed by atoms with Gasteiger partial charge in [-0.3, -0.25) is 10.1 Å². The molecule has 0 heterocycles. The molecule has 0 fully saturated rings. The van der Waals surface area contributed by atoms with Crippen molar-refractivity contribution in [1.82, 2.24) is 0 Å². The standard InChI is InChI=1S/C14H12BrFN2O3/c1-21-14-7-12(11(16)6-13(14)18(19)20)17-8-9-2-4-10(15)5-3-9/h2-7,17H,8H2,1H3. The van der Waals surface area contributed by atoms with E-state index in [1.54, 1.807) is 0 Å². The number of halogens is 2. The molecule has 0 spiro atoms. The van der Waals surface area contributed by atoms with Crippen LogP contribution < -0.4 is 10.1 Å². The highest BCUT2D eigenvalue weighted by molar-refractivity contribution is 9.10. The molecule has 0 amide bonds. The van der Waals surface area contributed by atoms with E-state index in [0.29, 0.717) is 6.54 Å². The molecule has 0 aliphatic carbocycles. The van der Waals surface area contributed by atoms with Crippen molar-refractivity contribution in [1.29, 1.82) is 0 Å². The topological polar surface area (TPSA) is 64.4 Å². The maximum Gasteiger partial charge on any atom is 0.313 e. The normalized spacial score (nSPS) is 10.2.